The minimum absolute atomic E-state index is 0.00862. The first-order valence-electron chi connectivity index (χ1n) is 7.04. The highest BCUT2D eigenvalue weighted by atomic mass is 32.2. The smallest absolute Gasteiger partial charge is 0.240 e. The molecule has 0 spiro atoms. The number of rotatable bonds is 5. The van der Waals surface area contributed by atoms with Gasteiger partial charge in [0.15, 0.2) is 0 Å². The SMILES string of the molecule is CCNS(=O)(=O)c1ccc(N)c(NC2(C)CCCC2)c1. The van der Waals surface area contributed by atoms with Gasteiger partial charge in [-0.15, -0.1) is 0 Å². The van der Waals surface area contributed by atoms with E-state index in [0.29, 0.717) is 17.9 Å². The van der Waals surface area contributed by atoms with Crippen LogP contribution in [0.5, 0.6) is 0 Å². The minimum atomic E-state index is -3.45. The zero-order valence-electron chi connectivity index (χ0n) is 12.1. The Bertz CT molecular complexity index is 578. The molecule has 0 aliphatic heterocycles. The second kappa shape index (κ2) is 5.61. The van der Waals surface area contributed by atoms with Crippen molar-refractivity contribution in [2.24, 2.45) is 0 Å². The predicted octanol–water partition coefficient (Wildman–Crippen LogP) is 2.31. The highest BCUT2D eigenvalue weighted by Gasteiger charge is 2.29. The third kappa shape index (κ3) is 3.24. The lowest BCUT2D eigenvalue weighted by Crippen LogP contribution is -2.31. The number of benzene rings is 1. The van der Waals surface area contributed by atoms with Crippen LogP contribution in [-0.4, -0.2) is 20.5 Å². The monoisotopic (exact) mass is 297 g/mol. The molecule has 0 radical (unpaired) electrons. The third-order valence-electron chi connectivity index (χ3n) is 3.81. The number of anilines is 2. The van der Waals surface area contributed by atoms with Crippen LogP contribution in [0, 0.1) is 0 Å². The van der Waals surface area contributed by atoms with Crippen molar-refractivity contribution in [2.75, 3.05) is 17.6 Å². The van der Waals surface area contributed by atoms with Gasteiger partial charge in [-0.2, -0.15) is 0 Å². The summed E-state index contributed by atoms with van der Waals surface area (Å²) in [5, 5.41) is 3.42. The maximum atomic E-state index is 12.0. The van der Waals surface area contributed by atoms with Gasteiger partial charge in [-0.1, -0.05) is 19.8 Å². The van der Waals surface area contributed by atoms with Crippen molar-refractivity contribution >= 4 is 21.4 Å². The Morgan fingerprint density at radius 3 is 2.55 bits per heavy atom. The summed E-state index contributed by atoms with van der Waals surface area (Å²) in [4.78, 5) is 0.248. The van der Waals surface area contributed by atoms with Gasteiger partial charge in [0.25, 0.3) is 0 Å². The molecule has 6 heteroatoms. The lowest BCUT2D eigenvalue weighted by atomic mass is 10.00. The van der Waals surface area contributed by atoms with Crippen LogP contribution in [0.2, 0.25) is 0 Å². The molecule has 5 nitrogen and oxygen atoms in total. The summed E-state index contributed by atoms with van der Waals surface area (Å²) >= 11 is 0. The van der Waals surface area contributed by atoms with Crippen LogP contribution in [0.4, 0.5) is 11.4 Å². The number of hydrogen-bond donors (Lipinski definition) is 3. The van der Waals surface area contributed by atoms with Crippen LogP contribution < -0.4 is 15.8 Å². The zero-order chi connectivity index (χ0) is 14.8. The maximum Gasteiger partial charge on any atom is 0.240 e. The van der Waals surface area contributed by atoms with Crippen LogP contribution in [0.15, 0.2) is 23.1 Å². The molecule has 0 amide bonds. The summed E-state index contributed by atoms with van der Waals surface area (Å²) in [6, 6.07) is 4.80. The molecule has 112 valence electrons. The van der Waals surface area contributed by atoms with Crippen molar-refractivity contribution in [3.8, 4) is 0 Å². The fraction of sp³-hybridized carbons (Fsp3) is 0.571. The van der Waals surface area contributed by atoms with Crippen LogP contribution in [0.25, 0.3) is 0 Å². The summed E-state index contributed by atoms with van der Waals surface area (Å²) in [6.07, 6.45) is 4.55. The Hall–Kier alpha value is -1.27. The average molecular weight is 297 g/mol. The fourth-order valence-electron chi connectivity index (χ4n) is 2.69. The number of nitrogens with one attached hydrogen (secondary N) is 2. The zero-order valence-corrected chi connectivity index (χ0v) is 12.9. The molecule has 2 rings (SSSR count). The maximum absolute atomic E-state index is 12.0. The van der Waals surface area contributed by atoms with E-state index in [-0.39, 0.29) is 10.4 Å². The largest absolute Gasteiger partial charge is 0.397 e. The van der Waals surface area contributed by atoms with Gasteiger partial charge in [0.1, 0.15) is 0 Å². The number of sulfonamides is 1. The van der Waals surface area contributed by atoms with Crippen LogP contribution >= 0.6 is 0 Å². The van der Waals surface area contributed by atoms with Crippen molar-refractivity contribution in [1.82, 2.24) is 4.72 Å². The van der Waals surface area contributed by atoms with Crippen molar-refractivity contribution < 1.29 is 8.42 Å². The molecular formula is C14H23N3O2S. The van der Waals surface area contributed by atoms with Crippen molar-refractivity contribution in [3.63, 3.8) is 0 Å². The first-order valence-corrected chi connectivity index (χ1v) is 8.52. The van der Waals surface area contributed by atoms with Crippen LogP contribution in [0.1, 0.15) is 39.5 Å². The van der Waals surface area contributed by atoms with E-state index < -0.39 is 10.0 Å². The van der Waals surface area contributed by atoms with E-state index in [9.17, 15) is 8.42 Å². The average Bonchev–Trinajstić information content (AvgIpc) is 2.78. The van der Waals surface area contributed by atoms with Gasteiger partial charge in [-0.25, -0.2) is 13.1 Å². The van der Waals surface area contributed by atoms with E-state index in [4.69, 9.17) is 5.73 Å². The number of nitrogens with two attached hydrogens (primary N) is 1. The summed E-state index contributed by atoms with van der Waals surface area (Å²) < 4.78 is 26.6. The molecular weight excluding hydrogens is 274 g/mol. The third-order valence-corrected chi connectivity index (χ3v) is 5.36. The number of hydrogen-bond acceptors (Lipinski definition) is 4. The molecule has 1 aromatic carbocycles. The molecule has 0 saturated heterocycles. The van der Waals surface area contributed by atoms with Crippen LogP contribution in [-0.2, 0) is 10.0 Å². The van der Waals surface area contributed by atoms with E-state index in [1.807, 2.05) is 0 Å². The Labute approximate surface area is 121 Å². The minimum Gasteiger partial charge on any atom is -0.397 e. The Balaban J connectivity index is 2.30. The van der Waals surface area contributed by atoms with Gasteiger partial charge in [0, 0.05) is 12.1 Å². The van der Waals surface area contributed by atoms with Gasteiger partial charge in [-0.05, 0) is 38.0 Å². The Morgan fingerprint density at radius 2 is 1.95 bits per heavy atom. The normalized spacial score (nSPS) is 18.1. The molecule has 20 heavy (non-hydrogen) atoms. The van der Waals surface area contributed by atoms with Crippen molar-refractivity contribution in [1.29, 1.82) is 0 Å². The molecule has 0 unspecified atom stereocenters. The lowest BCUT2D eigenvalue weighted by Gasteiger charge is -2.27. The van der Waals surface area contributed by atoms with E-state index >= 15 is 0 Å². The molecule has 1 aliphatic carbocycles. The second-order valence-electron chi connectivity index (χ2n) is 5.64. The summed E-state index contributed by atoms with van der Waals surface area (Å²) in [5.41, 5.74) is 7.25. The lowest BCUT2D eigenvalue weighted by molar-refractivity contribution is 0.533. The van der Waals surface area contributed by atoms with Crippen molar-refractivity contribution in [3.05, 3.63) is 18.2 Å². The molecule has 1 fully saturated rings. The first kappa shape index (κ1) is 15.1. The molecule has 0 bridgehead atoms. The van der Waals surface area contributed by atoms with Gasteiger partial charge < -0.3 is 11.1 Å². The van der Waals surface area contributed by atoms with Crippen molar-refractivity contribution in [2.45, 2.75) is 50.0 Å². The molecule has 1 aromatic rings. The molecule has 0 aromatic heterocycles. The topological polar surface area (TPSA) is 84.2 Å². The van der Waals surface area contributed by atoms with E-state index in [1.54, 1.807) is 19.1 Å². The highest BCUT2D eigenvalue weighted by Crippen LogP contribution is 2.35. The summed E-state index contributed by atoms with van der Waals surface area (Å²) in [5.74, 6) is 0. The quantitative estimate of drug-likeness (QED) is 0.728. The Kier molecular flexibility index (Phi) is 4.25. The first-order chi connectivity index (χ1) is 9.36. The molecule has 4 N–H and O–H groups in total. The predicted molar refractivity (Wildman–Crippen MR) is 82.2 cm³/mol. The molecule has 1 saturated carbocycles. The van der Waals surface area contributed by atoms with Gasteiger partial charge in [0.2, 0.25) is 10.0 Å². The van der Waals surface area contributed by atoms with Crippen LogP contribution in [0.3, 0.4) is 0 Å². The van der Waals surface area contributed by atoms with E-state index in [2.05, 4.69) is 17.0 Å². The standard InChI is InChI=1S/C14H23N3O2S/c1-3-16-20(18,19)11-6-7-12(15)13(10-11)17-14(2)8-4-5-9-14/h6-7,10,16-17H,3-5,8-9,15H2,1-2H3. The summed E-state index contributed by atoms with van der Waals surface area (Å²) in [7, 11) is -3.45. The second-order valence-corrected chi connectivity index (χ2v) is 7.41. The van der Waals surface area contributed by atoms with E-state index in [0.717, 1.165) is 12.8 Å². The molecule has 1 aliphatic rings. The highest BCUT2D eigenvalue weighted by molar-refractivity contribution is 7.89. The molecule has 0 atom stereocenters. The fourth-order valence-corrected chi connectivity index (χ4v) is 3.76. The molecule has 0 heterocycles. The van der Waals surface area contributed by atoms with Gasteiger partial charge >= 0.3 is 0 Å². The van der Waals surface area contributed by atoms with Gasteiger partial charge in [-0.3, -0.25) is 0 Å². The Morgan fingerprint density at radius 1 is 1.30 bits per heavy atom. The number of nitrogen functional groups attached to an aromatic ring is 1. The summed E-state index contributed by atoms with van der Waals surface area (Å²) in [6.45, 7) is 4.28. The van der Waals surface area contributed by atoms with Gasteiger partial charge in [0.05, 0.1) is 16.3 Å². The van der Waals surface area contributed by atoms with E-state index in [1.165, 1.54) is 18.9 Å².